The third kappa shape index (κ3) is 1.42. The van der Waals surface area contributed by atoms with Crippen molar-refractivity contribution in [3.63, 3.8) is 0 Å². The minimum Gasteiger partial charge on any atom is -0.375 e. The molecule has 0 unspecified atom stereocenters. The Labute approximate surface area is 65.4 Å². The maximum Gasteiger partial charge on any atom is 0.129 e. The molecule has 0 fully saturated rings. The lowest BCUT2D eigenvalue weighted by Gasteiger charge is -2.22. The van der Waals surface area contributed by atoms with Crippen LogP contribution >= 0.6 is 11.6 Å². The summed E-state index contributed by atoms with van der Waals surface area (Å²) in [6.45, 7) is 0.630. The van der Waals surface area contributed by atoms with Gasteiger partial charge in [-0.15, -0.1) is 0 Å². The van der Waals surface area contributed by atoms with Crippen molar-refractivity contribution in [1.82, 2.24) is 10.2 Å². The first-order valence-corrected chi connectivity index (χ1v) is 3.42. The molecule has 4 heteroatoms. The molecule has 1 rings (SSSR count). The van der Waals surface area contributed by atoms with Crippen LogP contribution < -0.4 is 5.32 Å². The molecule has 0 saturated heterocycles. The van der Waals surface area contributed by atoms with E-state index in [1.807, 2.05) is 19.0 Å². The second-order valence-electron chi connectivity index (χ2n) is 2.10. The average Bonchev–Trinajstić information content (AvgIpc) is 1.94. The molecule has 0 aromatic rings. The lowest BCUT2D eigenvalue weighted by Crippen LogP contribution is -2.29. The van der Waals surface area contributed by atoms with Crippen LogP contribution in [0.4, 0.5) is 0 Å². The number of hydrogen-bond donors (Lipinski definition) is 1. The molecule has 1 N–H and O–H groups in total. The Balaban J connectivity index is 2.73. The maximum absolute atomic E-state index is 5.66. The first-order valence-electron chi connectivity index (χ1n) is 3.04. The van der Waals surface area contributed by atoms with E-state index in [0.29, 0.717) is 11.8 Å². The summed E-state index contributed by atoms with van der Waals surface area (Å²) in [4.78, 5) is 5.98. The van der Waals surface area contributed by atoms with Gasteiger partial charge < -0.3 is 10.2 Å². The highest BCUT2D eigenvalue weighted by atomic mass is 35.5. The van der Waals surface area contributed by atoms with Gasteiger partial charge in [-0.1, -0.05) is 11.6 Å². The van der Waals surface area contributed by atoms with Gasteiger partial charge >= 0.3 is 0 Å². The van der Waals surface area contributed by atoms with Gasteiger partial charge in [0.1, 0.15) is 17.7 Å². The predicted molar refractivity (Wildman–Crippen MR) is 43.1 cm³/mol. The Morgan fingerprint density at radius 3 is 3.00 bits per heavy atom. The van der Waals surface area contributed by atoms with Crippen molar-refractivity contribution < 1.29 is 0 Å². The summed E-state index contributed by atoms with van der Waals surface area (Å²) in [7, 11) is 3.81. The van der Waals surface area contributed by atoms with E-state index in [0.717, 1.165) is 5.82 Å². The number of rotatable bonds is 1. The number of nitrogens with zero attached hydrogens (tertiary/aromatic N) is 2. The molecule has 0 atom stereocenters. The summed E-state index contributed by atoms with van der Waals surface area (Å²) in [5.74, 6) is 1.00. The predicted octanol–water partition coefficient (Wildman–Crippen LogP) is 0.587. The zero-order valence-electron chi connectivity index (χ0n) is 6.06. The molecule has 0 aromatic heterocycles. The molecule has 0 aliphatic carbocycles. The molecular formula is C6H10ClN3. The maximum atomic E-state index is 5.66. The third-order valence-corrected chi connectivity index (χ3v) is 1.59. The molecule has 0 aromatic carbocycles. The van der Waals surface area contributed by atoms with Gasteiger partial charge in [-0.25, -0.2) is 0 Å². The Kier molecular flexibility index (Phi) is 2.17. The summed E-state index contributed by atoms with van der Waals surface area (Å²) in [5.41, 5.74) is 0. The van der Waals surface area contributed by atoms with Crippen LogP contribution in [-0.4, -0.2) is 30.8 Å². The molecule has 10 heavy (non-hydrogen) atoms. The lowest BCUT2D eigenvalue weighted by atomic mass is 10.5. The first-order chi connectivity index (χ1) is 4.74. The Morgan fingerprint density at radius 2 is 2.50 bits per heavy atom. The molecule has 1 heterocycles. The molecule has 0 amide bonds. The number of hydrogen-bond acceptors (Lipinski definition) is 3. The highest BCUT2D eigenvalue weighted by molar-refractivity contribution is 6.68. The fourth-order valence-corrected chi connectivity index (χ4v) is 0.938. The SMILES string of the molecule is CNC1=CC(Cl)=NCN1C. The van der Waals surface area contributed by atoms with E-state index in [4.69, 9.17) is 11.6 Å². The summed E-state index contributed by atoms with van der Waals surface area (Å²) in [6, 6.07) is 0. The van der Waals surface area contributed by atoms with Gasteiger partial charge in [0.25, 0.3) is 0 Å². The van der Waals surface area contributed by atoms with Gasteiger partial charge in [-0.2, -0.15) is 0 Å². The Morgan fingerprint density at radius 1 is 1.80 bits per heavy atom. The Hall–Kier alpha value is -0.700. The highest BCUT2D eigenvalue weighted by Crippen LogP contribution is 2.05. The van der Waals surface area contributed by atoms with Crippen LogP contribution in [0.1, 0.15) is 0 Å². The van der Waals surface area contributed by atoms with E-state index < -0.39 is 0 Å². The van der Waals surface area contributed by atoms with Crippen LogP contribution in [0.3, 0.4) is 0 Å². The van der Waals surface area contributed by atoms with E-state index in [2.05, 4.69) is 10.3 Å². The van der Waals surface area contributed by atoms with Crippen molar-refractivity contribution in [3.05, 3.63) is 11.9 Å². The number of nitrogens with one attached hydrogen (secondary N) is 1. The van der Waals surface area contributed by atoms with Crippen LogP contribution in [0.15, 0.2) is 16.9 Å². The fraction of sp³-hybridized carbons (Fsp3) is 0.500. The Bertz CT molecular complexity index is 185. The monoisotopic (exact) mass is 159 g/mol. The number of aliphatic imine (C=N–C) groups is 1. The van der Waals surface area contributed by atoms with E-state index in [-0.39, 0.29) is 0 Å². The molecule has 0 bridgehead atoms. The molecular weight excluding hydrogens is 150 g/mol. The van der Waals surface area contributed by atoms with Crippen molar-refractivity contribution in [2.75, 3.05) is 20.8 Å². The van der Waals surface area contributed by atoms with Gasteiger partial charge in [0.15, 0.2) is 0 Å². The van der Waals surface area contributed by atoms with E-state index in [1.54, 1.807) is 6.08 Å². The van der Waals surface area contributed by atoms with Crippen molar-refractivity contribution in [2.45, 2.75) is 0 Å². The first kappa shape index (κ1) is 7.41. The van der Waals surface area contributed by atoms with E-state index in [1.165, 1.54) is 0 Å². The fourth-order valence-electron chi connectivity index (χ4n) is 0.781. The lowest BCUT2D eigenvalue weighted by molar-refractivity contribution is 0.402. The van der Waals surface area contributed by atoms with Crippen LogP contribution in [-0.2, 0) is 0 Å². The zero-order chi connectivity index (χ0) is 7.56. The van der Waals surface area contributed by atoms with E-state index in [9.17, 15) is 0 Å². The van der Waals surface area contributed by atoms with E-state index >= 15 is 0 Å². The zero-order valence-corrected chi connectivity index (χ0v) is 6.81. The van der Waals surface area contributed by atoms with Gasteiger partial charge in [0.2, 0.25) is 0 Å². The topological polar surface area (TPSA) is 27.6 Å². The summed E-state index contributed by atoms with van der Waals surface area (Å²) >= 11 is 5.66. The summed E-state index contributed by atoms with van der Waals surface area (Å²) in [6.07, 6.45) is 1.80. The van der Waals surface area contributed by atoms with Crippen LogP contribution in [0, 0.1) is 0 Å². The minimum atomic E-state index is 0.558. The highest BCUT2D eigenvalue weighted by Gasteiger charge is 2.06. The molecule has 1 aliphatic heterocycles. The van der Waals surface area contributed by atoms with Gasteiger partial charge in [0, 0.05) is 20.2 Å². The van der Waals surface area contributed by atoms with Crippen molar-refractivity contribution in [3.8, 4) is 0 Å². The van der Waals surface area contributed by atoms with Crippen LogP contribution in [0.5, 0.6) is 0 Å². The molecule has 0 saturated carbocycles. The number of allylic oxidation sites excluding steroid dienone is 1. The summed E-state index contributed by atoms with van der Waals surface area (Å²) < 4.78 is 0. The molecule has 0 radical (unpaired) electrons. The quantitative estimate of drug-likeness (QED) is 0.607. The van der Waals surface area contributed by atoms with Gasteiger partial charge in [-0.3, -0.25) is 4.99 Å². The van der Waals surface area contributed by atoms with Gasteiger partial charge in [-0.05, 0) is 0 Å². The second-order valence-corrected chi connectivity index (χ2v) is 2.49. The third-order valence-electron chi connectivity index (χ3n) is 1.36. The minimum absolute atomic E-state index is 0.558. The van der Waals surface area contributed by atoms with Crippen LogP contribution in [0.2, 0.25) is 0 Å². The van der Waals surface area contributed by atoms with Crippen molar-refractivity contribution in [2.24, 2.45) is 4.99 Å². The van der Waals surface area contributed by atoms with Crippen molar-refractivity contribution in [1.29, 1.82) is 0 Å². The largest absolute Gasteiger partial charge is 0.375 e. The number of halogens is 1. The standard InChI is InChI=1S/C6H10ClN3/c1-8-6-3-5(7)9-4-10(6)2/h3,8H,4H2,1-2H3. The molecule has 0 spiro atoms. The molecule has 3 nitrogen and oxygen atoms in total. The normalized spacial score (nSPS) is 18.1. The average molecular weight is 160 g/mol. The molecule has 56 valence electrons. The second kappa shape index (κ2) is 2.92. The smallest absolute Gasteiger partial charge is 0.129 e. The van der Waals surface area contributed by atoms with Crippen LogP contribution in [0.25, 0.3) is 0 Å². The van der Waals surface area contributed by atoms with Gasteiger partial charge in [0.05, 0.1) is 0 Å². The molecule has 1 aliphatic rings. The van der Waals surface area contributed by atoms with Crippen molar-refractivity contribution >= 4 is 16.8 Å². The summed E-state index contributed by atoms with van der Waals surface area (Å²) in [5, 5.41) is 3.56.